The van der Waals surface area contributed by atoms with Crippen molar-refractivity contribution in [1.82, 2.24) is 0 Å². The summed E-state index contributed by atoms with van der Waals surface area (Å²) < 4.78 is 143. The highest BCUT2D eigenvalue weighted by Crippen LogP contribution is 2.24. The molecule has 0 aliphatic carbocycles. The van der Waals surface area contributed by atoms with Crippen LogP contribution in [0.2, 0.25) is 0 Å². The predicted octanol–water partition coefficient (Wildman–Crippen LogP) is 5.71. The number of phenolic OH excluding ortho intramolecular Hbond substituents is 1. The highest BCUT2D eigenvalue weighted by Gasteiger charge is 2.41. The third-order valence-corrected chi connectivity index (χ3v) is 5.44. The van der Waals surface area contributed by atoms with E-state index in [-0.39, 0.29) is 11.4 Å². The van der Waals surface area contributed by atoms with Crippen LogP contribution < -0.4 is 16.4 Å². The molecule has 0 spiro atoms. The van der Waals surface area contributed by atoms with Gasteiger partial charge in [0.15, 0.2) is 58.2 Å². The van der Waals surface area contributed by atoms with Crippen LogP contribution in [0.25, 0.3) is 0 Å². The van der Waals surface area contributed by atoms with Crippen molar-refractivity contribution in [3.8, 4) is 5.75 Å². The normalized spacial score (nSPS) is 11.4. The molecule has 0 saturated heterocycles. The summed E-state index contributed by atoms with van der Waals surface area (Å²) in [5, 5.41) is 16.9. The Morgan fingerprint density at radius 3 is 1.32 bits per heavy atom. The summed E-state index contributed by atoms with van der Waals surface area (Å²) >= 11 is 0. The molecule has 0 aromatic heterocycles. The molecule has 4 rings (SSSR count). The van der Waals surface area contributed by atoms with Gasteiger partial charge in [0.1, 0.15) is 5.75 Å². The van der Waals surface area contributed by atoms with E-state index in [0.717, 1.165) is 18.2 Å². The highest BCUT2D eigenvalue weighted by molar-refractivity contribution is 6.96. The fourth-order valence-electron chi connectivity index (χ4n) is 3.66. The quantitative estimate of drug-likeness (QED) is 0.113. The summed E-state index contributed by atoms with van der Waals surface area (Å²) in [4.78, 5) is 0. The average Bonchev–Trinajstić information content (AvgIpc) is 2.92. The van der Waals surface area contributed by atoms with Crippen LogP contribution in [0.15, 0.2) is 58.8 Å². The van der Waals surface area contributed by atoms with Gasteiger partial charge in [0, 0.05) is 10.9 Å². The van der Waals surface area contributed by atoms with Crippen molar-refractivity contribution >= 4 is 34.5 Å². The number of hydrogen-bond donors (Lipinski definition) is 1. The molecule has 0 fully saturated rings. The smallest absolute Gasteiger partial charge is 0.260 e. The second-order valence-electron chi connectivity index (χ2n) is 7.68. The van der Waals surface area contributed by atoms with E-state index in [1.54, 1.807) is 0 Å². The number of azo groups is 1. The number of phenols is 1. The Morgan fingerprint density at radius 2 is 0.868 bits per heavy atom. The Hall–Kier alpha value is -4.36. The zero-order valence-electron chi connectivity index (χ0n) is 18.3. The summed E-state index contributed by atoms with van der Waals surface area (Å²) in [5.74, 6) is -25.7. The average molecular weight is 542 g/mol. The molecule has 0 aliphatic heterocycles. The number of rotatable bonds is 5. The maximum absolute atomic E-state index is 14.9. The molecule has 0 aliphatic rings. The molecule has 0 amide bonds. The molecule has 194 valence electrons. The standard InChI is InChI=1S/C24H9BF10N2O/c26-15-13(16(27)20(31)23(34)19(15)30)25(14-17(28)21(32)24(35)22(33)18(14)29)11-3-1-2-4-12(11)37-36-9-5-7-10(38)8-6-9/h1-8,38H. The van der Waals surface area contributed by atoms with Gasteiger partial charge in [-0.1, -0.05) is 18.2 Å². The van der Waals surface area contributed by atoms with E-state index in [4.69, 9.17) is 0 Å². The number of hydrogen-bond acceptors (Lipinski definition) is 3. The van der Waals surface area contributed by atoms with Crippen molar-refractivity contribution in [2.45, 2.75) is 0 Å². The fraction of sp³-hybridized carbons (Fsp3) is 0. The molecule has 4 aromatic rings. The van der Waals surface area contributed by atoms with Gasteiger partial charge in [-0.15, -0.1) is 0 Å². The van der Waals surface area contributed by atoms with Crippen molar-refractivity contribution in [3.05, 3.63) is 107 Å². The van der Waals surface area contributed by atoms with Crippen molar-refractivity contribution < 1.29 is 49.0 Å². The largest absolute Gasteiger partial charge is 0.508 e. The van der Waals surface area contributed by atoms with Crippen LogP contribution in [0.4, 0.5) is 55.3 Å². The zero-order valence-corrected chi connectivity index (χ0v) is 18.3. The Balaban J connectivity index is 2.08. The molecule has 14 heteroatoms. The fourth-order valence-corrected chi connectivity index (χ4v) is 3.66. The Morgan fingerprint density at radius 1 is 0.474 bits per heavy atom. The monoisotopic (exact) mass is 542 g/mol. The minimum Gasteiger partial charge on any atom is -0.508 e. The molecule has 38 heavy (non-hydrogen) atoms. The van der Waals surface area contributed by atoms with E-state index in [9.17, 15) is 49.0 Å². The van der Waals surface area contributed by atoms with E-state index in [1.807, 2.05) is 0 Å². The summed E-state index contributed by atoms with van der Waals surface area (Å²) in [5.41, 5.74) is -4.92. The predicted molar refractivity (Wildman–Crippen MR) is 116 cm³/mol. The molecule has 0 unspecified atom stereocenters. The maximum atomic E-state index is 14.9. The van der Waals surface area contributed by atoms with E-state index >= 15 is 0 Å². The van der Waals surface area contributed by atoms with Crippen LogP contribution in [-0.2, 0) is 0 Å². The van der Waals surface area contributed by atoms with Gasteiger partial charge in [0.05, 0.1) is 11.4 Å². The van der Waals surface area contributed by atoms with Gasteiger partial charge in [0.25, 0.3) is 6.71 Å². The summed E-state index contributed by atoms with van der Waals surface area (Å²) in [6.45, 7) is -2.78. The highest BCUT2D eigenvalue weighted by atomic mass is 19.2. The van der Waals surface area contributed by atoms with Gasteiger partial charge >= 0.3 is 0 Å². The summed E-state index contributed by atoms with van der Waals surface area (Å²) in [6.07, 6.45) is 0. The van der Waals surface area contributed by atoms with E-state index < -0.39 is 87.0 Å². The van der Waals surface area contributed by atoms with Gasteiger partial charge in [0.2, 0.25) is 0 Å². The van der Waals surface area contributed by atoms with Gasteiger partial charge in [-0.05, 0) is 35.8 Å². The van der Waals surface area contributed by atoms with Gasteiger partial charge in [-0.25, -0.2) is 43.9 Å². The lowest BCUT2D eigenvalue weighted by molar-refractivity contribution is 0.382. The maximum Gasteiger partial charge on any atom is 0.260 e. The van der Waals surface area contributed by atoms with Crippen LogP contribution >= 0.6 is 0 Å². The summed E-state index contributed by atoms with van der Waals surface area (Å²) in [6, 6.07) is 9.17. The Kier molecular flexibility index (Phi) is 7.16. The molecule has 0 radical (unpaired) electrons. The van der Waals surface area contributed by atoms with Gasteiger partial charge < -0.3 is 5.11 Å². The lowest BCUT2D eigenvalue weighted by Crippen LogP contribution is -2.58. The first kappa shape index (κ1) is 26.7. The topological polar surface area (TPSA) is 45.0 Å². The van der Waals surface area contributed by atoms with Gasteiger partial charge in [-0.2, -0.15) is 10.2 Å². The number of aromatic hydroxyl groups is 1. The molecule has 0 bridgehead atoms. The first-order valence-electron chi connectivity index (χ1n) is 10.3. The first-order chi connectivity index (χ1) is 18.0. The number of nitrogens with zero attached hydrogens (tertiary/aromatic N) is 2. The molecule has 0 heterocycles. The molecule has 1 N–H and O–H groups in total. The molecule has 3 nitrogen and oxygen atoms in total. The van der Waals surface area contributed by atoms with Crippen LogP contribution in [-0.4, -0.2) is 11.8 Å². The minimum atomic E-state index is -2.78. The zero-order chi connectivity index (χ0) is 27.9. The lowest BCUT2D eigenvalue weighted by Gasteiger charge is -2.21. The van der Waals surface area contributed by atoms with Crippen LogP contribution in [0, 0.1) is 58.2 Å². The molecular formula is C24H9BF10N2O. The molecular weight excluding hydrogens is 533 g/mol. The second kappa shape index (κ2) is 10.2. The first-order valence-corrected chi connectivity index (χ1v) is 10.3. The van der Waals surface area contributed by atoms with Crippen molar-refractivity contribution in [2.24, 2.45) is 10.2 Å². The van der Waals surface area contributed by atoms with Crippen molar-refractivity contribution in [3.63, 3.8) is 0 Å². The second-order valence-corrected chi connectivity index (χ2v) is 7.68. The molecule has 4 aromatic carbocycles. The number of halogens is 10. The van der Waals surface area contributed by atoms with E-state index in [0.29, 0.717) is 0 Å². The summed E-state index contributed by atoms with van der Waals surface area (Å²) in [7, 11) is 0. The minimum absolute atomic E-state index is 0.0709. The SMILES string of the molecule is Oc1ccc(N=Nc2ccccc2B(c2c(F)c(F)c(F)c(F)c2F)c2c(F)c(F)c(F)c(F)c2F)cc1. The van der Waals surface area contributed by atoms with Gasteiger partial charge in [-0.3, -0.25) is 0 Å². The lowest BCUT2D eigenvalue weighted by atomic mass is 9.36. The number of benzene rings is 4. The molecule has 0 atom stereocenters. The van der Waals surface area contributed by atoms with Crippen LogP contribution in [0.3, 0.4) is 0 Å². The third kappa shape index (κ3) is 4.46. The van der Waals surface area contributed by atoms with Crippen molar-refractivity contribution in [1.29, 1.82) is 0 Å². The molecule has 0 saturated carbocycles. The van der Waals surface area contributed by atoms with E-state index in [1.165, 1.54) is 30.3 Å². The van der Waals surface area contributed by atoms with Crippen molar-refractivity contribution in [2.75, 3.05) is 0 Å². The Labute approximate surface area is 206 Å². The van der Waals surface area contributed by atoms with Crippen LogP contribution in [0.5, 0.6) is 5.75 Å². The van der Waals surface area contributed by atoms with Crippen LogP contribution in [0.1, 0.15) is 0 Å². The van der Waals surface area contributed by atoms with E-state index in [2.05, 4.69) is 10.2 Å². The third-order valence-electron chi connectivity index (χ3n) is 5.44. The Bertz CT molecular complexity index is 1470.